The number of rotatable bonds is 7. The summed E-state index contributed by atoms with van der Waals surface area (Å²) in [5.41, 5.74) is 2.73. The molecule has 2 nitrogen and oxygen atoms in total. The molecule has 0 saturated heterocycles. The zero-order chi connectivity index (χ0) is 17.6. The molecule has 0 spiro atoms. The second-order valence-electron chi connectivity index (χ2n) is 7.00. The molecule has 4 heteroatoms. The first-order valence-corrected chi connectivity index (χ1v) is 9.68. The number of benzene rings is 2. The maximum absolute atomic E-state index is 3.44. The van der Waals surface area contributed by atoms with E-state index in [4.69, 9.17) is 0 Å². The number of aromatic amines is 2. The van der Waals surface area contributed by atoms with Crippen LogP contribution in [0.25, 0.3) is 21.5 Å². The van der Waals surface area contributed by atoms with Gasteiger partial charge in [0.05, 0.1) is 0 Å². The van der Waals surface area contributed by atoms with E-state index < -0.39 is 0 Å². The Morgan fingerprint density at radius 3 is 1.39 bits per heavy atom. The molecule has 4 rings (SSSR count). The van der Waals surface area contributed by atoms with Gasteiger partial charge in [0.1, 0.15) is 0 Å². The smallest absolute Gasteiger partial charge is 0.187 e. The minimum absolute atomic E-state index is 0. The molecule has 0 fully saturated rings. The van der Waals surface area contributed by atoms with Crippen LogP contribution in [0.4, 0.5) is 0 Å². The molecule has 146 valence electrons. The fourth-order valence-electron chi connectivity index (χ4n) is 3.82. The lowest BCUT2D eigenvalue weighted by molar-refractivity contribution is -0.388. The molecule has 0 bridgehead atoms. The Hall–Kier alpha value is -1.28. The van der Waals surface area contributed by atoms with Crippen LogP contribution in [-0.4, -0.2) is 0 Å². The number of unbranched alkanes of at least 4 members (excludes halogenated alkanes) is 3. The minimum Gasteiger partial charge on any atom is -1.00 e. The van der Waals surface area contributed by atoms with Crippen LogP contribution in [0.3, 0.4) is 0 Å². The lowest BCUT2D eigenvalue weighted by atomic mass is 10.0. The van der Waals surface area contributed by atoms with Gasteiger partial charge in [-0.3, -0.25) is 0 Å². The standard InChI is InChI=1S/C24H24N2.2HI/c1(3-13-23-21-11-7-5-9-19(21)15-17-25-23)2-4-14-24-22-12-8-6-10-20(22)16-18-26-24;;/h5-12,15-18H,1-4,13-14H2;2*1H. The van der Waals surface area contributed by atoms with Crippen molar-refractivity contribution in [2.24, 2.45) is 0 Å². The van der Waals surface area contributed by atoms with E-state index in [1.54, 1.807) is 0 Å². The Labute approximate surface area is 201 Å². The highest BCUT2D eigenvalue weighted by Crippen LogP contribution is 2.18. The predicted octanol–water partition coefficient (Wildman–Crippen LogP) is -1.03. The fraction of sp³-hybridized carbons (Fsp3) is 0.250. The summed E-state index contributed by atoms with van der Waals surface area (Å²) < 4.78 is 0. The molecule has 28 heavy (non-hydrogen) atoms. The van der Waals surface area contributed by atoms with Crippen molar-refractivity contribution >= 4 is 21.5 Å². The molecule has 0 radical (unpaired) electrons. The van der Waals surface area contributed by atoms with Crippen molar-refractivity contribution in [3.63, 3.8) is 0 Å². The Kier molecular flexibility index (Phi) is 9.58. The van der Waals surface area contributed by atoms with Gasteiger partial charge in [0.2, 0.25) is 0 Å². The molecule has 2 N–H and O–H groups in total. The van der Waals surface area contributed by atoms with Gasteiger partial charge in [-0.15, -0.1) is 0 Å². The molecule has 2 heterocycles. The Bertz CT molecular complexity index is 923. The number of nitrogens with one attached hydrogen (secondary N) is 2. The normalized spacial score (nSPS) is 10.4. The molecule has 4 aromatic rings. The van der Waals surface area contributed by atoms with Gasteiger partial charge in [-0.05, 0) is 35.7 Å². The zero-order valence-electron chi connectivity index (χ0n) is 15.9. The van der Waals surface area contributed by atoms with Crippen LogP contribution in [0.1, 0.15) is 37.1 Å². The topological polar surface area (TPSA) is 28.3 Å². The van der Waals surface area contributed by atoms with Gasteiger partial charge in [-0.1, -0.05) is 49.2 Å². The van der Waals surface area contributed by atoms with Gasteiger partial charge in [0.25, 0.3) is 0 Å². The van der Waals surface area contributed by atoms with Crippen molar-refractivity contribution in [3.8, 4) is 0 Å². The molecular formula is C24H26I2N2. The zero-order valence-corrected chi connectivity index (χ0v) is 20.2. The third-order valence-corrected chi connectivity index (χ3v) is 5.22. The van der Waals surface area contributed by atoms with Gasteiger partial charge < -0.3 is 48.0 Å². The van der Waals surface area contributed by atoms with Crippen LogP contribution in [-0.2, 0) is 12.8 Å². The third kappa shape index (κ3) is 5.63. The van der Waals surface area contributed by atoms with E-state index >= 15 is 0 Å². The lowest BCUT2D eigenvalue weighted by Gasteiger charge is -2.02. The van der Waals surface area contributed by atoms with Crippen molar-refractivity contribution in [3.05, 3.63) is 84.4 Å². The monoisotopic (exact) mass is 596 g/mol. The summed E-state index contributed by atoms with van der Waals surface area (Å²) in [4.78, 5) is 6.89. The quantitative estimate of drug-likeness (QED) is 0.193. The highest BCUT2D eigenvalue weighted by atomic mass is 127. The van der Waals surface area contributed by atoms with Gasteiger partial charge >= 0.3 is 0 Å². The van der Waals surface area contributed by atoms with Crippen LogP contribution >= 0.6 is 0 Å². The highest BCUT2D eigenvalue weighted by Gasteiger charge is 2.09. The van der Waals surface area contributed by atoms with Crippen LogP contribution in [0.2, 0.25) is 0 Å². The number of fused-ring (bicyclic) bond motifs is 2. The van der Waals surface area contributed by atoms with Crippen molar-refractivity contribution in [1.29, 1.82) is 0 Å². The molecular weight excluding hydrogens is 570 g/mol. The molecule has 2 aromatic heterocycles. The Morgan fingerprint density at radius 2 is 0.929 bits per heavy atom. The van der Waals surface area contributed by atoms with Gasteiger partial charge in [-0.25, -0.2) is 9.97 Å². The second-order valence-corrected chi connectivity index (χ2v) is 7.00. The van der Waals surface area contributed by atoms with Crippen LogP contribution < -0.4 is 57.9 Å². The first-order chi connectivity index (χ1) is 12.9. The molecule has 0 atom stereocenters. The van der Waals surface area contributed by atoms with E-state index in [1.807, 2.05) is 0 Å². The number of aromatic nitrogens is 2. The summed E-state index contributed by atoms with van der Waals surface area (Å²) in [5.74, 6) is 0. The number of halogens is 2. The van der Waals surface area contributed by atoms with E-state index in [9.17, 15) is 0 Å². The van der Waals surface area contributed by atoms with Crippen LogP contribution in [0.15, 0.2) is 73.1 Å². The maximum Gasteiger partial charge on any atom is 0.187 e. The molecule has 0 aliphatic heterocycles. The van der Waals surface area contributed by atoms with E-state index in [0.29, 0.717) is 0 Å². The fourth-order valence-corrected chi connectivity index (χ4v) is 3.82. The summed E-state index contributed by atoms with van der Waals surface area (Å²) in [7, 11) is 0. The number of pyridine rings is 2. The van der Waals surface area contributed by atoms with Gasteiger partial charge in [0, 0.05) is 35.7 Å². The molecule has 0 amide bonds. The van der Waals surface area contributed by atoms with E-state index in [2.05, 4.69) is 83.0 Å². The number of H-pyrrole nitrogens is 2. The predicted molar refractivity (Wildman–Crippen MR) is 107 cm³/mol. The maximum atomic E-state index is 3.44. The second kappa shape index (κ2) is 11.7. The van der Waals surface area contributed by atoms with E-state index in [0.717, 1.165) is 12.8 Å². The Balaban J connectivity index is 0.00000140. The summed E-state index contributed by atoms with van der Waals surface area (Å²) >= 11 is 0. The van der Waals surface area contributed by atoms with Crippen molar-refractivity contribution in [1.82, 2.24) is 0 Å². The largest absolute Gasteiger partial charge is 1.00 e. The summed E-state index contributed by atoms with van der Waals surface area (Å²) in [6.45, 7) is 0. The van der Waals surface area contributed by atoms with Crippen LogP contribution in [0, 0.1) is 0 Å². The summed E-state index contributed by atoms with van der Waals surface area (Å²) in [6, 6.07) is 21.6. The van der Waals surface area contributed by atoms with Crippen molar-refractivity contribution in [2.75, 3.05) is 0 Å². The van der Waals surface area contributed by atoms with Crippen molar-refractivity contribution in [2.45, 2.75) is 38.5 Å². The number of hydrogen-bond acceptors (Lipinski definition) is 0. The minimum atomic E-state index is 0. The summed E-state index contributed by atoms with van der Waals surface area (Å²) in [6.07, 6.45) is 11.4. The van der Waals surface area contributed by atoms with E-state index in [1.165, 1.54) is 58.6 Å². The molecule has 0 aliphatic carbocycles. The first kappa shape index (κ1) is 23.0. The van der Waals surface area contributed by atoms with Crippen LogP contribution in [0.5, 0.6) is 0 Å². The highest BCUT2D eigenvalue weighted by molar-refractivity contribution is 5.83. The van der Waals surface area contributed by atoms with Gasteiger partial charge in [0.15, 0.2) is 23.8 Å². The average Bonchev–Trinajstić information content (AvgIpc) is 2.71. The molecule has 0 saturated carbocycles. The lowest BCUT2D eigenvalue weighted by Crippen LogP contribution is -3.00. The van der Waals surface area contributed by atoms with E-state index in [-0.39, 0.29) is 48.0 Å². The first-order valence-electron chi connectivity index (χ1n) is 9.68. The third-order valence-electron chi connectivity index (χ3n) is 5.22. The van der Waals surface area contributed by atoms with Gasteiger partial charge in [-0.2, -0.15) is 0 Å². The number of aryl methyl sites for hydroxylation is 2. The van der Waals surface area contributed by atoms with Crippen molar-refractivity contribution < 1.29 is 57.9 Å². The average molecular weight is 596 g/mol. The molecule has 0 aliphatic rings. The molecule has 2 aromatic carbocycles. The summed E-state index contributed by atoms with van der Waals surface area (Å²) in [5, 5.41) is 5.38. The Morgan fingerprint density at radius 1 is 0.500 bits per heavy atom. The SMILES string of the molecule is [I-].[I-].c1ccc2c(CCCCCCc3[nH+]ccc4ccccc34)[nH+]ccc2c1. The molecule has 0 unspecified atom stereocenters. The number of hydrogen-bond donors (Lipinski definition) is 0.